The van der Waals surface area contributed by atoms with E-state index in [2.05, 4.69) is 20.3 Å². The maximum atomic E-state index is 5.87. The molecule has 104 valence electrons. The van der Waals surface area contributed by atoms with Crippen LogP contribution < -0.4 is 5.32 Å². The molecule has 0 aromatic carbocycles. The number of thiazole rings is 1. The number of hydrogen-bond donors (Lipinski definition) is 1. The van der Waals surface area contributed by atoms with Crippen molar-refractivity contribution < 1.29 is 0 Å². The summed E-state index contributed by atoms with van der Waals surface area (Å²) < 4.78 is 0. The number of halogens is 1. The summed E-state index contributed by atoms with van der Waals surface area (Å²) in [5.74, 6) is 1.41. The topological polar surface area (TPSA) is 50.7 Å². The number of aryl methyl sites for hydroxylation is 3. The lowest BCUT2D eigenvalue weighted by Crippen LogP contribution is -2.02. The minimum atomic E-state index is 0.456. The first-order valence-corrected chi connectivity index (χ1v) is 7.42. The van der Waals surface area contributed by atoms with Crippen molar-refractivity contribution in [2.45, 2.75) is 41.2 Å². The first kappa shape index (κ1) is 15.9. The second-order valence-electron chi connectivity index (χ2n) is 3.72. The van der Waals surface area contributed by atoms with Crippen molar-refractivity contribution >= 4 is 28.8 Å². The smallest absolute Gasteiger partial charge is 0.134 e. The fourth-order valence-electron chi connectivity index (χ4n) is 1.53. The van der Waals surface area contributed by atoms with Gasteiger partial charge in [-0.05, 0) is 20.8 Å². The molecule has 0 saturated heterocycles. The zero-order valence-electron chi connectivity index (χ0n) is 11.9. The van der Waals surface area contributed by atoms with Crippen LogP contribution in [0.3, 0.4) is 0 Å². The lowest BCUT2D eigenvalue weighted by Gasteiger charge is -2.05. The standard InChI is InChI=1S/C11H13ClN4S.C2H6/c1-6-9(17-8(3)14-6)5-13-11-4-10(12)15-7(2)16-11;1-2/h4H,5H2,1-3H3,(H,13,15,16);1-2H3. The quantitative estimate of drug-likeness (QED) is 0.865. The fourth-order valence-corrected chi connectivity index (χ4v) is 2.63. The molecule has 0 fully saturated rings. The molecular weight excluding hydrogens is 280 g/mol. The van der Waals surface area contributed by atoms with Crippen molar-refractivity contribution in [3.05, 3.63) is 32.6 Å². The summed E-state index contributed by atoms with van der Waals surface area (Å²) >= 11 is 7.56. The summed E-state index contributed by atoms with van der Waals surface area (Å²) in [5, 5.41) is 4.77. The van der Waals surface area contributed by atoms with Gasteiger partial charge in [0.25, 0.3) is 0 Å². The van der Waals surface area contributed by atoms with Crippen LogP contribution in [0, 0.1) is 20.8 Å². The second kappa shape index (κ2) is 7.40. The summed E-state index contributed by atoms with van der Waals surface area (Å²) in [6.45, 7) is 10.6. The predicted octanol–water partition coefficient (Wildman–Crippen LogP) is 4.15. The van der Waals surface area contributed by atoms with Gasteiger partial charge in [0.1, 0.15) is 16.8 Å². The molecule has 6 heteroatoms. The molecule has 0 unspecified atom stereocenters. The van der Waals surface area contributed by atoms with E-state index in [9.17, 15) is 0 Å². The Morgan fingerprint density at radius 1 is 1.16 bits per heavy atom. The molecule has 0 saturated carbocycles. The number of hydrogen-bond acceptors (Lipinski definition) is 5. The molecule has 2 aromatic rings. The minimum Gasteiger partial charge on any atom is -0.365 e. The van der Waals surface area contributed by atoms with E-state index in [4.69, 9.17) is 11.6 Å². The molecule has 0 aliphatic rings. The lowest BCUT2D eigenvalue weighted by atomic mass is 10.4. The SMILES string of the molecule is CC.Cc1nc(Cl)cc(NCc2sc(C)nc2C)n1. The van der Waals surface area contributed by atoms with Crippen molar-refractivity contribution in [1.29, 1.82) is 0 Å². The second-order valence-corrected chi connectivity index (χ2v) is 5.39. The number of rotatable bonds is 3. The van der Waals surface area contributed by atoms with Crippen molar-refractivity contribution in [2.24, 2.45) is 0 Å². The first-order chi connectivity index (χ1) is 9.04. The van der Waals surface area contributed by atoms with Crippen molar-refractivity contribution in [1.82, 2.24) is 15.0 Å². The molecule has 2 rings (SSSR count). The van der Waals surface area contributed by atoms with E-state index in [1.54, 1.807) is 17.4 Å². The zero-order chi connectivity index (χ0) is 14.4. The van der Waals surface area contributed by atoms with Gasteiger partial charge < -0.3 is 5.32 Å². The van der Waals surface area contributed by atoms with Crippen LogP contribution in [0.4, 0.5) is 5.82 Å². The Balaban J connectivity index is 0.000000861. The van der Waals surface area contributed by atoms with Crippen LogP contribution in [0.25, 0.3) is 0 Å². The maximum absolute atomic E-state index is 5.87. The van der Waals surface area contributed by atoms with Crippen LogP contribution in [0.2, 0.25) is 5.15 Å². The maximum Gasteiger partial charge on any atom is 0.134 e. The van der Waals surface area contributed by atoms with Gasteiger partial charge in [0.15, 0.2) is 0 Å². The van der Waals surface area contributed by atoms with Gasteiger partial charge in [-0.3, -0.25) is 0 Å². The Kier molecular flexibility index (Phi) is 6.18. The Morgan fingerprint density at radius 3 is 2.37 bits per heavy atom. The molecule has 19 heavy (non-hydrogen) atoms. The summed E-state index contributed by atoms with van der Waals surface area (Å²) in [5.41, 5.74) is 1.07. The molecule has 1 N–H and O–H groups in total. The summed E-state index contributed by atoms with van der Waals surface area (Å²) in [6, 6.07) is 1.72. The van der Waals surface area contributed by atoms with E-state index in [1.807, 2.05) is 34.6 Å². The van der Waals surface area contributed by atoms with Crippen molar-refractivity contribution in [3.8, 4) is 0 Å². The Hall–Kier alpha value is -1.20. The third-order valence-corrected chi connectivity index (χ3v) is 3.50. The van der Waals surface area contributed by atoms with Gasteiger partial charge in [-0.2, -0.15) is 0 Å². The Labute approximate surface area is 123 Å². The van der Waals surface area contributed by atoms with Crippen LogP contribution in [0.5, 0.6) is 0 Å². The van der Waals surface area contributed by atoms with Gasteiger partial charge in [-0.1, -0.05) is 25.4 Å². The molecule has 0 amide bonds. The zero-order valence-corrected chi connectivity index (χ0v) is 13.5. The molecule has 2 heterocycles. The summed E-state index contributed by atoms with van der Waals surface area (Å²) in [6.07, 6.45) is 0. The van der Waals surface area contributed by atoms with E-state index in [0.29, 0.717) is 17.5 Å². The highest BCUT2D eigenvalue weighted by molar-refractivity contribution is 7.11. The third kappa shape index (κ3) is 4.76. The average Bonchev–Trinajstić information content (AvgIpc) is 2.67. The van der Waals surface area contributed by atoms with Gasteiger partial charge in [-0.25, -0.2) is 15.0 Å². The molecule has 0 aliphatic carbocycles. The van der Waals surface area contributed by atoms with Crippen molar-refractivity contribution in [2.75, 3.05) is 5.32 Å². The number of nitrogens with zero attached hydrogens (tertiary/aromatic N) is 3. The molecule has 0 atom stereocenters. The number of aromatic nitrogens is 3. The largest absolute Gasteiger partial charge is 0.365 e. The highest BCUT2D eigenvalue weighted by Gasteiger charge is 2.05. The third-order valence-electron chi connectivity index (χ3n) is 2.24. The van der Waals surface area contributed by atoms with Crippen molar-refractivity contribution in [3.63, 3.8) is 0 Å². The summed E-state index contributed by atoms with van der Waals surface area (Å²) in [4.78, 5) is 13.9. The normalized spacial score (nSPS) is 9.79. The number of nitrogens with one attached hydrogen (secondary N) is 1. The van der Waals surface area contributed by atoms with Crippen LogP contribution >= 0.6 is 22.9 Å². The van der Waals surface area contributed by atoms with E-state index >= 15 is 0 Å². The van der Waals surface area contributed by atoms with E-state index in [1.165, 1.54) is 4.88 Å². The van der Waals surface area contributed by atoms with E-state index in [-0.39, 0.29) is 0 Å². The predicted molar refractivity (Wildman–Crippen MR) is 82.0 cm³/mol. The van der Waals surface area contributed by atoms with Gasteiger partial charge in [0.2, 0.25) is 0 Å². The van der Waals surface area contributed by atoms with E-state index in [0.717, 1.165) is 16.5 Å². The first-order valence-electron chi connectivity index (χ1n) is 6.22. The fraction of sp³-hybridized carbons (Fsp3) is 0.462. The van der Waals surface area contributed by atoms with Gasteiger partial charge >= 0.3 is 0 Å². The molecule has 0 spiro atoms. The van der Waals surface area contributed by atoms with E-state index < -0.39 is 0 Å². The molecule has 0 bridgehead atoms. The van der Waals surface area contributed by atoms with Crippen LogP contribution in [0.1, 0.15) is 35.3 Å². The molecule has 0 radical (unpaired) electrons. The minimum absolute atomic E-state index is 0.456. The molecule has 2 aromatic heterocycles. The highest BCUT2D eigenvalue weighted by Crippen LogP contribution is 2.19. The molecular formula is C13H19ClN4S. The number of anilines is 1. The summed E-state index contributed by atoms with van der Waals surface area (Å²) in [7, 11) is 0. The molecule has 0 aliphatic heterocycles. The monoisotopic (exact) mass is 298 g/mol. The average molecular weight is 299 g/mol. The Bertz CT molecular complexity index is 519. The van der Waals surface area contributed by atoms with Gasteiger partial charge in [-0.15, -0.1) is 11.3 Å². The highest BCUT2D eigenvalue weighted by atomic mass is 35.5. The van der Waals surface area contributed by atoms with Crippen LogP contribution in [-0.2, 0) is 6.54 Å². The Morgan fingerprint density at radius 2 is 1.84 bits per heavy atom. The van der Waals surface area contributed by atoms with Gasteiger partial charge in [0.05, 0.1) is 17.2 Å². The van der Waals surface area contributed by atoms with Gasteiger partial charge in [0, 0.05) is 10.9 Å². The van der Waals surface area contributed by atoms with Crippen LogP contribution in [-0.4, -0.2) is 15.0 Å². The van der Waals surface area contributed by atoms with Crippen LogP contribution in [0.15, 0.2) is 6.07 Å². The lowest BCUT2D eigenvalue weighted by molar-refractivity contribution is 1.02. The molecule has 4 nitrogen and oxygen atoms in total.